The van der Waals surface area contributed by atoms with E-state index in [2.05, 4.69) is 5.32 Å². The smallest absolute Gasteiger partial charge is 0.303 e. The minimum absolute atomic E-state index is 0.0761. The van der Waals surface area contributed by atoms with Gasteiger partial charge in [0.15, 0.2) is 0 Å². The van der Waals surface area contributed by atoms with Gasteiger partial charge in [0.1, 0.15) is 0 Å². The third-order valence-corrected chi connectivity index (χ3v) is 3.88. The van der Waals surface area contributed by atoms with Gasteiger partial charge >= 0.3 is 5.97 Å². The fraction of sp³-hybridized carbons (Fsp3) is 0.846. The maximum atomic E-state index is 11.7. The molecule has 5 nitrogen and oxygen atoms in total. The minimum atomic E-state index is -0.789. The van der Waals surface area contributed by atoms with E-state index in [1.165, 1.54) is 0 Å². The van der Waals surface area contributed by atoms with E-state index in [1.807, 2.05) is 13.8 Å². The molecule has 1 rings (SSSR count). The van der Waals surface area contributed by atoms with Crippen LogP contribution in [0.3, 0.4) is 0 Å². The van der Waals surface area contributed by atoms with Crippen LogP contribution in [-0.2, 0) is 9.59 Å². The summed E-state index contributed by atoms with van der Waals surface area (Å²) in [5, 5.41) is 11.7. The Morgan fingerprint density at radius 3 is 2.39 bits per heavy atom. The maximum Gasteiger partial charge on any atom is 0.303 e. The lowest BCUT2D eigenvalue weighted by Crippen LogP contribution is -2.45. The van der Waals surface area contributed by atoms with Crippen molar-refractivity contribution >= 4 is 11.9 Å². The molecule has 0 aliphatic heterocycles. The second-order valence-electron chi connectivity index (χ2n) is 5.81. The van der Waals surface area contributed by atoms with Crippen LogP contribution in [0.15, 0.2) is 0 Å². The van der Waals surface area contributed by atoms with E-state index in [0.717, 1.165) is 19.3 Å². The zero-order valence-corrected chi connectivity index (χ0v) is 11.2. The average molecular weight is 256 g/mol. The fourth-order valence-electron chi connectivity index (χ4n) is 2.22. The van der Waals surface area contributed by atoms with Crippen LogP contribution in [0.25, 0.3) is 0 Å². The normalized spacial score (nSPS) is 19.1. The molecule has 0 heterocycles. The molecule has 1 fully saturated rings. The number of carboxylic acids is 1. The number of amides is 1. The van der Waals surface area contributed by atoms with Crippen LogP contribution >= 0.6 is 0 Å². The fourth-order valence-corrected chi connectivity index (χ4v) is 2.22. The van der Waals surface area contributed by atoms with E-state index >= 15 is 0 Å². The lowest BCUT2D eigenvalue weighted by atomic mass is 9.66. The molecule has 0 radical (unpaired) electrons. The Morgan fingerprint density at radius 1 is 1.39 bits per heavy atom. The van der Waals surface area contributed by atoms with E-state index in [4.69, 9.17) is 10.8 Å². The Bertz CT molecular complexity index is 311. The maximum absolute atomic E-state index is 11.7. The van der Waals surface area contributed by atoms with Gasteiger partial charge in [-0.25, -0.2) is 0 Å². The van der Waals surface area contributed by atoms with E-state index in [9.17, 15) is 9.59 Å². The number of carbonyl (C=O) groups is 2. The highest BCUT2D eigenvalue weighted by atomic mass is 16.4. The van der Waals surface area contributed by atoms with Crippen LogP contribution in [0, 0.1) is 11.3 Å². The topological polar surface area (TPSA) is 92.4 Å². The highest BCUT2D eigenvalue weighted by molar-refractivity contribution is 5.76. The molecule has 0 aromatic rings. The zero-order chi connectivity index (χ0) is 13.8. The molecular formula is C13H24N2O3. The lowest BCUT2D eigenvalue weighted by molar-refractivity contribution is -0.141. The number of carboxylic acid groups (broad SMARTS) is 1. The van der Waals surface area contributed by atoms with Crippen molar-refractivity contribution in [2.75, 3.05) is 6.54 Å². The van der Waals surface area contributed by atoms with Crippen LogP contribution in [0.5, 0.6) is 0 Å². The van der Waals surface area contributed by atoms with E-state index < -0.39 is 5.97 Å². The summed E-state index contributed by atoms with van der Waals surface area (Å²) >= 11 is 0. The molecular weight excluding hydrogens is 232 g/mol. The molecule has 1 aliphatic carbocycles. The number of aliphatic carboxylic acids is 1. The summed E-state index contributed by atoms with van der Waals surface area (Å²) < 4.78 is 0. The Hall–Kier alpha value is -1.10. The van der Waals surface area contributed by atoms with E-state index in [0.29, 0.717) is 13.0 Å². The van der Waals surface area contributed by atoms with Gasteiger partial charge in [0.2, 0.25) is 5.91 Å². The molecule has 0 aromatic heterocycles. The predicted molar refractivity (Wildman–Crippen MR) is 69.0 cm³/mol. The lowest BCUT2D eigenvalue weighted by Gasteiger charge is -2.40. The summed E-state index contributed by atoms with van der Waals surface area (Å²) in [6.07, 6.45) is 3.27. The summed E-state index contributed by atoms with van der Waals surface area (Å²) in [5.41, 5.74) is 5.61. The van der Waals surface area contributed by atoms with Crippen molar-refractivity contribution in [1.29, 1.82) is 0 Å². The molecule has 1 aliphatic rings. The molecule has 0 spiro atoms. The second kappa shape index (κ2) is 6.18. The molecule has 0 saturated heterocycles. The summed E-state index contributed by atoms with van der Waals surface area (Å²) in [5.74, 6) is -0.594. The summed E-state index contributed by atoms with van der Waals surface area (Å²) in [4.78, 5) is 22.5. The molecule has 4 N–H and O–H groups in total. The van der Waals surface area contributed by atoms with Gasteiger partial charge in [-0.3, -0.25) is 9.59 Å². The van der Waals surface area contributed by atoms with Crippen LogP contribution < -0.4 is 11.1 Å². The van der Waals surface area contributed by atoms with Gasteiger partial charge in [0.05, 0.1) is 6.42 Å². The van der Waals surface area contributed by atoms with Crippen molar-refractivity contribution in [3.63, 3.8) is 0 Å². The van der Waals surface area contributed by atoms with Gasteiger partial charge in [0.25, 0.3) is 0 Å². The Labute approximate surface area is 108 Å². The molecule has 1 saturated carbocycles. The van der Waals surface area contributed by atoms with Crippen LogP contribution in [-0.4, -0.2) is 29.6 Å². The first-order valence-electron chi connectivity index (χ1n) is 6.59. The number of hydrogen-bond acceptors (Lipinski definition) is 3. The van der Waals surface area contributed by atoms with Crippen LogP contribution in [0.4, 0.5) is 0 Å². The zero-order valence-electron chi connectivity index (χ0n) is 11.2. The molecule has 5 heteroatoms. The first-order valence-corrected chi connectivity index (χ1v) is 6.59. The summed E-state index contributed by atoms with van der Waals surface area (Å²) in [7, 11) is 0. The highest BCUT2D eigenvalue weighted by Gasteiger charge is 2.39. The number of nitrogens with two attached hydrogens (primary N) is 1. The van der Waals surface area contributed by atoms with Gasteiger partial charge in [-0.05, 0) is 24.2 Å². The summed E-state index contributed by atoms with van der Waals surface area (Å²) in [6.45, 7) is 4.43. The van der Waals surface area contributed by atoms with Gasteiger partial charge in [-0.1, -0.05) is 20.3 Å². The molecule has 18 heavy (non-hydrogen) atoms. The van der Waals surface area contributed by atoms with E-state index in [1.54, 1.807) is 0 Å². The van der Waals surface area contributed by atoms with Gasteiger partial charge in [0, 0.05) is 19.0 Å². The van der Waals surface area contributed by atoms with Gasteiger partial charge in [-0.15, -0.1) is 0 Å². The Morgan fingerprint density at radius 2 is 2.00 bits per heavy atom. The van der Waals surface area contributed by atoms with E-state index in [-0.39, 0.29) is 29.7 Å². The number of rotatable bonds is 7. The highest BCUT2D eigenvalue weighted by Crippen LogP contribution is 2.43. The van der Waals surface area contributed by atoms with Crippen molar-refractivity contribution < 1.29 is 14.7 Å². The van der Waals surface area contributed by atoms with Crippen molar-refractivity contribution in [3.05, 3.63) is 0 Å². The van der Waals surface area contributed by atoms with Gasteiger partial charge < -0.3 is 16.2 Å². The SMILES string of the molecule is CC(C)C(N)CC(=O)NCC1(CC(=O)O)CCC1. The molecule has 0 bridgehead atoms. The average Bonchev–Trinajstić information content (AvgIpc) is 2.21. The van der Waals surface area contributed by atoms with Crippen molar-refractivity contribution in [2.24, 2.45) is 17.1 Å². The summed E-state index contributed by atoms with van der Waals surface area (Å²) in [6, 6.07) is -0.137. The van der Waals surface area contributed by atoms with Crippen molar-refractivity contribution in [3.8, 4) is 0 Å². The number of nitrogens with one attached hydrogen (secondary N) is 1. The van der Waals surface area contributed by atoms with Crippen molar-refractivity contribution in [2.45, 2.75) is 52.0 Å². The third kappa shape index (κ3) is 4.29. The van der Waals surface area contributed by atoms with Crippen LogP contribution in [0.2, 0.25) is 0 Å². The molecule has 1 amide bonds. The second-order valence-corrected chi connectivity index (χ2v) is 5.81. The molecule has 104 valence electrons. The predicted octanol–water partition coefficient (Wildman–Crippen LogP) is 1.12. The monoisotopic (exact) mass is 256 g/mol. The standard InChI is InChI=1S/C13H24N2O3/c1-9(2)10(14)6-11(16)15-8-13(4-3-5-13)7-12(17)18/h9-10H,3-8,14H2,1-2H3,(H,15,16)(H,17,18). The van der Waals surface area contributed by atoms with Crippen molar-refractivity contribution in [1.82, 2.24) is 5.32 Å². The third-order valence-electron chi connectivity index (χ3n) is 3.88. The Kier molecular flexibility index (Phi) is 5.14. The molecule has 0 aromatic carbocycles. The first-order chi connectivity index (χ1) is 8.34. The van der Waals surface area contributed by atoms with Crippen LogP contribution in [0.1, 0.15) is 46.0 Å². The van der Waals surface area contributed by atoms with Gasteiger partial charge in [-0.2, -0.15) is 0 Å². The first kappa shape index (κ1) is 15.0. The molecule has 1 atom stereocenters. The minimum Gasteiger partial charge on any atom is -0.481 e. The number of carbonyl (C=O) groups excluding carboxylic acids is 1. The molecule has 1 unspecified atom stereocenters. The Balaban J connectivity index is 2.34. The number of hydrogen-bond donors (Lipinski definition) is 3. The quantitative estimate of drug-likeness (QED) is 0.636. The largest absolute Gasteiger partial charge is 0.481 e.